The molecule has 0 spiro atoms. The van der Waals surface area contributed by atoms with Crippen LogP contribution >= 0.6 is 12.2 Å². The average molecular weight is 287 g/mol. The van der Waals surface area contributed by atoms with Crippen molar-refractivity contribution < 1.29 is 4.74 Å². The predicted octanol–water partition coefficient (Wildman–Crippen LogP) is 1.34. The first-order chi connectivity index (χ1) is 9.00. The normalized spacial score (nSPS) is 19.8. The van der Waals surface area contributed by atoms with Gasteiger partial charge in [0.05, 0.1) is 17.6 Å². The first-order valence-electron chi connectivity index (χ1n) is 7.34. The molecule has 5 heteroatoms. The Bertz CT molecular complexity index is 265. The van der Waals surface area contributed by atoms with Gasteiger partial charge >= 0.3 is 0 Å². The van der Waals surface area contributed by atoms with Crippen molar-refractivity contribution in [2.45, 2.75) is 33.2 Å². The quantitative estimate of drug-likeness (QED) is 0.539. The zero-order valence-electron chi connectivity index (χ0n) is 12.6. The van der Waals surface area contributed by atoms with Crippen molar-refractivity contribution in [2.75, 3.05) is 45.9 Å². The summed E-state index contributed by atoms with van der Waals surface area (Å²) in [5.74, 6) is 0.727. The maximum atomic E-state index is 5.70. The summed E-state index contributed by atoms with van der Waals surface area (Å²) >= 11 is 5.05. The van der Waals surface area contributed by atoms with E-state index in [0.29, 0.717) is 4.99 Å². The van der Waals surface area contributed by atoms with Gasteiger partial charge in [-0.05, 0) is 19.3 Å². The zero-order chi connectivity index (χ0) is 14.3. The third-order valence-corrected chi connectivity index (χ3v) is 4.10. The Hall–Kier alpha value is -0.230. The standard InChI is InChI=1S/C14H29N3OS/c1-12(2)4-10-18-11-9-16-5-7-17(8-6-16)13(3)14(15)19/h12-13H,4-11H2,1-3H3,(H2,15,19). The van der Waals surface area contributed by atoms with E-state index in [2.05, 4.69) is 30.6 Å². The van der Waals surface area contributed by atoms with Gasteiger partial charge in [-0.1, -0.05) is 26.1 Å². The van der Waals surface area contributed by atoms with Crippen LogP contribution < -0.4 is 5.73 Å². The largest absolute Gasteiger partial charge is 0.392 e. The van der Waals surface area contributed by atoms with E-state index in [1.807, 2.05) is 0 Å². The average Bonchev–Trinajstić information content (AvgIpc) is 2.37. The lowest BCUT2D eigenvalue weighted by atomic mass is 10.1. The molecule has 1 rings (SSSR count). The van der Waals surface area contributed by atoms with Gasteiger partial charge in [-0.3, -0.25) is 9.80 Å². The molecule has 0 aromatic rings. The lowest BCUT2D eigenvalue weighted by Gasteiger charge is -2.37. The Kier molecular flexibility index (Phi) is 7.83. The number of hydrogen-bond donors (Lipinski definition) is 1. The molecule has 0 aliphatic carbocycles. The van der Waals surface area contributed by atoms with Gasteiger partial charge in [0, 0.05) is 39.3 Å². The van der Waals surface area contributed by atoms with Crippen LogP contribution in [0.15, 0.2) is 0 Å². The van der Waals surface area contributed by atoms with E-state index < -0.39 is 0 Å². The van der Waals surface area contributed by atoms with Gasteiger partial charge in [-0.2, -0.15) is 0 Å². The Morgan fingerprint density at radius 1 is 1.16 bits per heavy atom. The van der Waals surface area contributed by atoms with Gasteiger partial charge in [0.2, 0.25) is 0 Å². The van der Waals surface area contributed by atoms with Gasteiger partial charge in [0.25, 0.3) is 0 Å². The van der Waals surface area contributed by atoms with Crippen molar-refractivity contribution in [1.29, 1.82) is 0 Å². The van der Waals surface area contributed by atoms with Crippen LogP contribution in [-0.4, -0.2) is 66.8 Å². The van der Waals surface area contributed by atoms with E-state index in [9.17, 15) is 0 Å². The molecule has 0 radical (unpaired) electrons. The zero-order valence-corrected chi connectivity index (χ0v) is 13.4. The van der Waals surface area contributed by atoms with Crippen LogP contribution in [0.5, 0.6) is 0 Å². The first kappa shape index (κ1) is 16.8. The summed E-state index contributed by atoms with van der Waals surface area (Å²) in [7, 11) is 0. The molecule has 1 atom stereocenters. The van der Waals surface area contributed by atoms with Crippen molar-refractivity contribution in [3.8, 4) is 0 Å². The van der Waals surface area contributed by atoms with E-state index in [1.165, 1.54) is 0 Å². The Balaban J connectivity index is 2.08. The molecule has 0 amide bonds. The molecule has 112 valence electrons. The molecule has 0 bridgehead atoms. The summed E-state index contributed by atoms with van der Waals surface area (Å²) < 4.78 is 5.66. The minimum atomic E-state index is 0.222. The SMILES string of the molecule is CC(C)CCOCCN1CCN(C(C)C(N)=S)CC1. The summed E-state index contributed by atoms with van der Waals surface area (Å²) in [6.07, 6.45) is 1.15. The number of hydrogen-bond acceptors (Lipinski definition) is 4. The molecule has 1 saturated heterocycles. The van der Waals surface area contributed by atoms with Crippen LogP contribution in [0.3, 0.4) is 0 Å². The minimum absolute atomic E-state index is 0.222. The van der Waals surface area contributed by atoms with Crippen molar-refractivity contribution in [3.05, 3.63) is 0 Å². The number of nitrogens with two attached hydrogens (primary N) is 1. The van der Waals surface area contributed by atoms with Crippen molar-refractivity contribution >= 4 is 17.2 Å². The fourth-order valence-electron chi connectivity index (χ4n) is 2.17. The second-order valence-electron chi connectivity index (χ2n) is 5.75. The fraction of sp³-hybridized carbons (Fsp3) is 0.929. The Morgan fingerprint density at radius 2 is 1.79 bits per heavy atom. The number of ether oxygens (including phenoxy) is 1. The van der Waals surface area contributed by atoms with Crippen LogP contribution in [0.25, 0.3) is 0 Å². The topological polar surface area (TPSA) is 41.7 Å². The van der Waals surface area contributed by atoms with E-state index >= 15 is 0 Å². The summed E-state index contributed by atoms with van der Waals surface area (Å²) in [5, 5.41) is 0. The number of nitrogens with zero attached hydrogens (tertiary/aromatic N) is 2. The smallest absolute Gasteiger partial charge is 0.0899 e. The maximum absolute atomic E-state index is 5.70. The maximum Gasteiger partial charge on any atom is 0.0899 e. The summed E-state index contributed by atoms with van der Waals surface area (Å²) in [5.41, 5.74) is 5.70. The van der Waals surface area contributed by atoms with Crippen molar-refractivity contribution in [3.63, 3.8) is 0 Å². The molecule has 1 fully saturated rings. The highest BCUT2D eigenvalue weighted by Crippen LogP contribution is 2.06. The van der Waals surface area contributed by atoms with Gasteiger partial charge in [0.15, 0.2) is 0 Å². The molecule has 1 aliphatic heterocycles. The molecule has 4 nitrogen and oxygen atoms in total. The molecule has 19 heavy (non-hydrogen) atoms. The van der Waals surface area contributed by atoms with E-state index in [4.69, 9.17) is 22.7 Å². The van der Waals surface area contributed by atoms with Crippen LogP contribution in [0.4, 0.5) is 0 Å². The predicted molar refractivity (Wildman–Crippen MR) is 84.5 cm³/mol. The van der Waals surface area contributed by atoms with Crippen molar-refractivity contribution in [2.24, 2.45) is 11.7 Å². The summed E-state index contributed by atoms with van der Waals surface area (Å²) in [6.45, 7) is 13.6. The van der Waals surface area contributed by atoms with Gasteiger partial charge in [-0.15, -0.1) is 0 Å². The van der Waals surface area contributed by atoms with Gasteiger partial charge in [0.1, 0.15) is 0 Å². The molecule has 0 aromatic heterocycles. The van der Waals surface area contributed by atoms with Crippen LogP contribution in [-0.2, 0) is 4.74 Å². The first-order valence-corrected chi connectivity index (χ1v) is 7.75. The molecular weight excluding hydrogens is 258 g/mol. The molecule has 1 unspecified atom stereocenters. The molecule has 1 aliphatic rings. The summed E-state index contributed by atoms with van der Waals surface area (Å²) in [4.78, 5) is 5.42. The monoisotopic (exact) mass is 287 g/mol. The van der Waals surface area contributed by atoms with E-state index in [0.717, 1.165) is 58.3 Å². The number of rotatable bonds is 8. The molecule has 0 saturated carbocycles. The van der Waals surface area contributed by atoms with Crippen molar-refractivity contribution in [1.82, 2.24) is 9.80 Å². The second-order valence-corrected chi connectivity index (χ2v) is 6.22. The highest BCUT2D eigenvalue weighted by molar-refractivity contribution is 7.80. The third kappa shape index (κ3) is 6.65. The lowest BCUT2D eigenvalue weighted by Crippen LogP contribution is -2.53. The number of piperazine rings is 1. The van der Waals surface area contributed by atoms with E-state index in [1.54, 1.807) is 0 Å². The third-order valence-electron chi connectivity index (χ3n) is 3.76. The van der Waals surface area contributed by atoms with Gasteiger partial charge < -0.3 is 10.5 Å². The highest BCUT2D eigenvalue weighted by atomic mass is 32.1. The second kappa shape index (κ2) is 8.84. The van der Waals surface area contributed by atoms with E-state index in [-0.39, 0.29) is 6.04 Å². The molecular formula is C14H29N3OS. The summed E-state index contributed by atoms with van der Waals surface area (Å²) in [6, 6.07) is 0.222. The van der Waals surface area contributed by atoms with Gasteiger partial charge in [-0.25, -0.2) is 0 Å². The fourth-order valence-corrected chi connectivity index (χ4v) is 2.32. The van der Waals surface area contributed by atoms with Crippen LogP contribution in [0.1, 0.15) is 27.2 Å². The molecule has 2 N–H and O–H groups in total. The number of thiocarbonyl (C=S) groups is 1. The Labute approximate surface area is 123 Å². The van der Waals surface area contributed by atoms with Crippen LogP contribution in [0, 0.1) is 5.92 Å². The Morgan fingerprint density at radius 3 is 2.32 bits per heavy atom. The minimum Gasteiger partial charge on any atom is -0.392 e. The molecule has 1 heterocycles. The van der Waals surface area contributed by atoms with Crippen LogP contribution in [0.2, 0.25) is 0 Å². The molecule has 0 aromatic carbocycles. The lowest BCUT2D eigenvalue weighted by molar-refractivity contribution is 0.0682. The highest BCUT2D eigenvalue weighted by Gasteiger charge is 2.21.